The van der Waals surface area contributed by atoms with Crippen LogP contribution in [0.5, 0.6) is 23.0 Å². The van der Waals surface area contributed by atoms with E-state index < -0.39 is 11.7 Å². The van der Waals surface area contributed by atoms with Crippen molar-refractivity contribution in [1.29, 1.82) is 0 Å². The highest BCUT2D eigenvalue weighted by molar-refractivity contribution is 5.94. The van der Waals surface area contributed by atoms with Crippen LogP contribution in [0, 0.1) is 5.82 Å². The van der Waals surface area contributed by atoms with Crippen molar-refractivity contribution in [3.8, 4) is 23.0 Å². The molecular formula is C18H20FNO5. The van der Waals surface area contributed by atoms with Gasteiger partial charge < -0.3 is 24.3 Å². The average Bonchev–Trinajstić information content (AvgIpc) is 2.65. The van der Waals surface area contributed by atoms with Gasteiger partial charge in [0, 0.05) is 23.7 Å². The first kappa shape index (κ1) is 18.4. The second kappa shape index (κ2) is 8.23. The number of benzene rings is 2. The van der Waals surface area contributed by atoms with Gasteiger partial charge in [-0.05, 0) is 24.3 Å². The summed E-state index contributed by atoms with van der Waals surface area (Å²) in [7, 11) is 5.93. The van der Waals surface area contributed by atoms with E-state index in [0.29, 0.717) is 22.8 Å². The van der Waals surface area contributed by atoms with Crippen molar-refractivity contribution in [2.24, 2.45) is 0 Å². The van der Waals surface area contributed by atoms with Crippen molar-refractivity contribution in [3.63, 3.8) is 0 Å². The molecule has 0 unspecified atom stereocenters. The van der Waals surface area contributed by atoms with Gasteiger partial charge in [-0.3, -0.25) is 4.79 Å². The van der Waals surface area contributed by atoms with Gasteiger partial charge in [-0.1, -0.05) is 0 Å². The number of carbonyl (C=O) groups excluding carboxylic acids is 1. The van der Waals surface area contributed by atoms with Gasteiger partial charge in [0.2, 0.25) is 0 Å². The Kier molecular flexibility index (Phi) is 6.05. The van der Waals surface area contributed by atoms with Gasteiger partial charge in [0.15, 0.2) is 23.1 Å². The van der Waals surface area contributed by atoms with Crippen LogP contribution in [0.3, 0.4) is 0 Å². The monoisotopic (exact) mass is 349 g/mol. The number of ether oxygens (including phenoxy) is 4. The summed E-state index contributed by atoms with van der Waals surface area (Å²) < 4.78 is 34.3. The molecule has 0 aliphatic carbocycles. The summed E-state index contributed by atoms with van der Waals surface area (Å²) >= 11 is 0. The number of methoxy groups -OCH3 is 4. The van der Waals surface area contributed by atoms with Gasteiger partial charge in [0.25, 0.3) is 5.91 Å². The third kappa shape index (κ3) is 4.12. The molecule has 0 spiro atoms. The maximum atomic E-state index is 13.7. The molecule has 0 aliphatic heterocycles. The Morgan fingerprint density at radius 1 is 0.880 bits per heavy atom. The molecule has 0 aliphatic rings. The molecule has 7 heteroatoms. The Bertz CT molecular complexity index is 763. The van der Waals surface area contributed by atoms with E-state index in [1.54, 1.807) is 12.1 Å². The zero-order chi connectivity index (χ0) is 18.4. The SMILES string of the molecule is COc1ccc(C(=O)NCc2cc(OC)c(OC)cc2OC)cc1F. The van der Waals surface area contributed by atoms with E-state index in [1.807, 2.05) is 0 Å². The number of hydrogen-bond donors (Lipinski definition) is 1. The lowest BCUT2D eigenvalue weighted by Crippen LogP contribution is -2.23. The van der Waals surface area contributed by atoms with Crippen molar-refractivity contribution in [3.05, 3.63) is 47.3 Å². The van der Waals surface area contributed by atoms with Gasteiger partial charge in [-0.2, -0.15) is 0 Å². The summed E-state index contributed by atoms with van der Waals surface area (Å²) in [6.07, 6.45) is 0. The van der Waals surface area contributed by atoms with Gasteiger partial charge in [-0.15, -0.1) is 0 Å². The van der Waals surface area contributed by atoms with Crippen LogP contribution in [0.1, 0.15) is 15.9 Å². The van der Waals surface area contributed by atoms with Crippen LogP contribution in [0.15, 0.2) is 30.3 Å². The van der Waals surface area contributed by atoms with Gasteiger partial charge in [0.1, 0.15) is 5.75 Å². The predicted molar refractivity (Wildman–Crippen MR) is 90.2 cm³/mol. The average molecular weight is 349 g/mol. The minimum atomic E-state index is -0.598. The summed E-state index contributed by atoms with van der Waals surface area (Å²) in [5, 5.41) is 2.72. The fourth-order valence-electron chi connectivity index (χ4n) is 2.32. The molecule has 0 saturated carbocycles. The molecule has 0 atom stereocenters. The van der Waals surface area contributed by atoms with Crippen LogP contribution in [0.25, 0.3) is 0 Å². The van der Waals surface area contributed by atoms with Crippen LogP contribution >= 0.6 is 0 Å². The molecule has 1 N–H and O–H groups in total. The lowest BCUT2D eigenvalue weighted by Gasteiger charge is -2.14. The van der Waals surface area contributed by atoms with Gasteiger partial charge in [0.05, 0.1) is 28.4 Å². The zero-order valence-corrected chi connectivity index (χ0v) is 14.5. The van der Waals surface area contributed by atoms with E-state index in [-0.39, 0.29) is 17.9 Å². The first-order chi connectivity index (χ1) is 12.0. The van der Waals surface area contributed by atoms with Crippen molar-refractivity contribution in [2.75, 3.05) is 28.4 Å². The first-order valence-corrected chi connectivity index (χ1v) is 7.44. The Morgan fingerprint density at radius 2 is 1.48 bits per heavy atom. The van der Waals surface area contributed by atoms with Crippen molar-refractivity contribution in [1.82, 2.24) is 5.32 Å². The maximum absolute atomic E-state index is 13.7. The normalized spacial score (nSPS) is 10.1. The molecule has 0 fully saturated rings. The van der Waals surface area contributed by atoms with Crippen molar-refractivity contribution >= 4 is 5.91 Å². The quantitative estimate of drug-likeness (QED) is 0.833. The van der Waals surface area contributed by atoms with E-state index in [1.165, 1.54) is 40.6 Å². The smallest absolute Gasteiger partial charge is 0.251 e. The summed E-state index contributed by atoms with van der Waals surface area (Å²) in [5.41, 5.74) is 0.889. The number of nitrogens with one attached hydrogen (secondary N) is 1. The van der Waals surface area contributed by atoms with E-state index >= 15 is 0 Å². The number of hydrogen-bond acceptors (Lipinski definition) is 5. The Morgan fingerprint density at radius 3 is 2.04 bits per heavy atom. The van der Waals surface area contributed by atoms with Crippen LogP contribution in [0.4, 0.5) is 4.39 Å². The van der Waals surface area contributed by atoms with Crippen molar-refractivity contribution in [2.45, 2.75) is 6.54 Å². The first-order valence-electron chi connectivity index (χ1n) is 7.44. The fraction of sp³-hybridized carbons (Fsp3) is 0.278. The second-order valence-corrected chi connectivity index (χ2v) is 5.05. The lowest BCUT2D eigenvalue weighted by atomic mass is 10.1. The van der Waals surface area contributed by atoms with E-state index in [4.69, 9.17) is 18.9 Å². The fourth-order valence-corrected chi connectivity index (χ4v) is 2.32. The molecule has 2 rings (SSSR count). The highest BCUT2D eigenvalue weighted by Gasteiger charge is 2.14. The molecule has 0 radical (unpaired) electrons. The number of rotatable bonds is 7. The molecular weight excluding hydrogens is 329 g/mol. The molecule has 0 heterocycles. The van der Waals surface area contributed by atoms with Crippen molar-refractivity contribution < 1.29 is 28.1 Å². The Labute approximate surface area is 145 Å². The molecule has 2 aromatic carbocycles. The summed E-state index contributed by atoms with van der Waals surface area (Å²) in [6.45, 7) is 0.177. The van der Waals surface area contributed by atoms with E-state index in [2.05, 4.69) is 5.32 Å². The second-order valence-electron chi connectivity index (χ2n) is 5.05. The van der Waals surface area contributed by atoms with Crippen LogP contribution < -0.4 is 24.3 Å². The molecule has 1 amide bonds. The standard InChI is InChI=1S/C18H20FNO5/c1-22-14-6-5-11(7-13(14)19)18(21)20-10-12-8-16(24-3)17(25-4)9-15(12)23-2/h5-9H,10H2,1-4H3,(H,20,21). The third-order valence-electron chi connectivity index (χ3n) is 3.64. The summed E-state index contributed by atoms with van der Waals surface area (Å²) in [5.74, 6) is 0.643. The predicted octanol–water partition coefficient (Wildman–Crippen LogP) is 2.79. The summed E-state index contributed by atoms with van der Waals surface area (Å²) in [4.78, 5) is 12.2. The highest BCUT2D eigenvalue weighted by Crippen LogP contribution is 2.34. The zero-order valence-electron chi connectivity index (χ0n) is 14.5. The molecule has 25 heavy (non-hydrogen) atoms. The Hall–Kier alpha value is -2.96. The van der Waals surface area contributed by atoms with E-state index in [0.717, 1.165) is 6.07 Å². The minimum absolute atomic E-state index is 0.0816. The van der Waals surface area contributed by atoms with Crippen LogP contribution in [-0.2, 0) is 6.54 Å². The maximum Gasteiger partial charge on any atom is 0.251 e. The van der Waals surface area contributed by atoms with Crippen LogP contribution in [-0.4, -0.2) is 34.3 Å². The minimum Gasteiger partial charge on any atom is -0.496 e. The van der Waals surface area contributed by atoms with E-state index in [9.17, 15) is 9.18 Å². The number of amides is 1. The molecule has 2 aromatic rings. The third-order valence-corrected chi connectivity index (χ3v) is 3.64. The van der Waals surface area contributed by atoms with Gasteiger partial charge >= 0.3 is 0 Å². The largest absolute Gasteiger partial charge is 0.496 e. The molecule has 0 bridgehead atoms. The van der Waals surface area contributed by atoms with Gasteiger partial charge in [-0.25, -0.2) is 4.39 Å². The molecule has 6 nitrogen and oxygen atoms in total. The number of halogens is 1. The summed E-state index contributed by atoms with van der Waals surface area (Å²) in [6, 6.07) is 7.41. The number of carbonyl (C=O) groups is 1. The molecule has 0 saturated heterocycles. The molecule has 134 valence electrons. The Balaban J connectivity index is 2.17. The lowest BCUT2D eigenvalue weighted by molar-refractivity contribution is 0.0950. The highest BCUT2D eigenvalue weighted by atomic mass is 19.1. The van der Waals surface area contributed by atoms with Crippen LogP contribution in [0.2, 0.25) is 0 Å². The molecule has 0 aromatic heterocycles. The topological polar surface area (TPSA) is 66.0 Å².